The van der Waals surface area contributed by atoms with E-state index in [4.69, 9.17) is 5.73 Å². The second-order valence-corrected chi connectivity index (χ2v) is 6.39. The predicted octanol–water partition coefficient (Wildman–Crippen LogP) is 2.19. The number of carbonyl (C=O) groups is 1. The maximum absolute atomic E-state index is 12.9. The van der Waals surface area contributed by atoms with Crippen molar-refractivity contribution >= 4 is 5.91 Å². The van der Waals surface area contributed by atoms with E-state index in [1.807, 2.05) is 12.3 Å². The molecule has 2 unspecified atom stereocenters. The number of hydrogen-bond acceptors (Lipinski definition) is 3. The number of halogens is 1. The molecule has 1 fully saturated rings. The molecular formula is C18H23FN4O. The zero-order valence-corrected chi connectivity index (χ0v) is 13.6. The van der Waals surface area contributed by atoms with Gasteiger partial charge in [-0.1, -0.05) is 6.42 Å². The minimum Gasteiger partial charge on any atom is -0.355 e. The summed E-state index contributed by atoms with van der Waals surface area (Å²) >= 11 is 0. The number of hydrogen-bond donors (Lipinski definition) is 2. The summed E-state index contributed by atoms with van der Waals surface area (Å²) in [5, 5.41) is 7.44. The molecule has 1 aliphatic carbocycles. The molecule has 1 aromatic heterocycles. The van der Waals surface area contributed by atoms with Gasteiger partial charge >= 0.3 is 0 Å². The van der Waals surface area contributed by atoms with Crippen molar-refractivity contribution in [3.05, 3.63) is 48.0 Å². The molecule has 0 spiro atoms. The van der Waals surface area contributed by atoms with Crippen LogP contribution in [0.5, 0.6) is 0 Å². The van der Waals surface area contributed by atoms with E-state index < -0.39 is 0 Å². The third-order valence-corrected chi connectivity index (χ3v) is 4.50. The Balaban J connectivity index is 1.49. The van der Waals surface area contributed by atoms with Gasteiger partial charge in [-0.15, -0.1) is 0 Å². The minimum absolute atomic E-state index is 0.0468. The van der Waals surface area contributed by atoms with Gasteiger partial charge in [-0.3, -0.25) is 4.79 Å². The number of amides is 1. The van der Waals surface area contributed by atoms with Gasteiger partial charge in [0.1, 0.15) is 5.82 Å². The largest absolute Gasteiger partial charge is 0.355 e. The lowest BCUT2D eigenvalue weighted by Crippen LogP contribution is -2.38. The standard InChI is InChI=1S/C18H23FN4O/c19-14-4-6-17(7-5-14)23-11-9-16(22-23)8-10-21-18(24)13-2-1-3-15(20)12-13/h4-7,9,11,13,15H,1-3,8,10,12,20H2,(H,21,24). The number of rotatable bonds is 5. The number of nitrogens with zero attached hydrogens (tertiary/aromatic N) is 2. The van der Waals surface area contributed by atoms with Crippen LogP contribution >= 0.6 is 0 Å². The summed E-state index contributed by atoms with van der Waals surface area (Å²) in [6.07, 6.45) is 6.26. The lowest BCUT2D eigenvalue weighted by Gasteiger charge is -2.25. The Bertz CT molecular complexity index is 683. The minimum atomic E-state index is -0.267. The molecule has 0 saturated heterocycles. The first kappa shape index (κ1) is 16.6. The summed E-state index contributed by atoms with van der Waals surface area (Å²) in [5.74, 6) is -0.120. The van der Waals surface area contributed by atoms with Crippen LogP contribution in [0, 0.1) is 11.7 Å². The molecule has 128 valence electrons. The first-order chi connectivity index (χ1) is 11.6. The molecule has 0 bridgehead atoms. The third-order valence-electron chi connectivity index (χ3n) is 4.50. The van der Waals surface area contributed by atoms with Gasteiger partial charge in [0.2, 0.25) is 5.91 Å². The number of nitrogens with two attached hydrogens (primary N) is 1. The van der Waals surface area contributed by atoms with Gasteiger partial charge in [0.15, 0.2) is 0 Å². The van der Waals surface area contributed by atoms with E-state index in [2.05, 4.69) is 10.4 Å². The average Bonchev–Trinajstić information content (AvgIpc) is 3.04. The molecule has 0 aliphatic heterocycles. The topological polar surface area (TPSA) is 72.9 Å². The molecule has 1 saturated carbocycles. The van der Waals surface area contributed by atoms with E-state index in [9.17, 15) is 9.18 Å². The normalized spacial score (nSPS) is 20.8. The highest BCUT2D eigenvalue weighted by molar-refractivity contribution is 5.78. The maximum atomic E-state index is 12.9. The Kier molecular flexibility index (Phi) is 5.25. The quantitative estimate of drug-likeness (QED) is 0.882. The molecule has 3 rings (SSSR count). The SMILES string of the molecule is NC1CCCC(C(=O)NCCc2ccn(-c3ccc(F)cc3)n2)C1. The lowest BCUT2D eigenvalue weighted by atomic mass is 9.85. The van der Waals surface area contributed by atoms with E-state index in [1.165, 1.54) is 12.1 Å². The summed E-state index contributed by atoms with van der Waals surface area (Å²) < 4.78 is 14.7. The Hall–Kier alpha value is -2.21. The van der Waals surface area contributed by atoms with Gasteiger partial charge in [0, 0.05) is 31.1 Å². The van der Waals surface area contributed by atoms with Crippen LogP contribution in [-0.2, 0) is 11.2 Å². The second-order valence-electron chi connectivity index (χ2n) is 6.39. The smallest absolute Gasteiger partial charge is 0.223 e. The van der Waals surface area contributed by atoms with Crippen molar-refractivity contribution in [3.8, 4) is 5.69 Å². The van der Waals surface area contributed by atoms with Crippen molar-refractivity contribution in [3.63, 3.8) is 0 Å². The monoisotopic (exact) mass is 330 g/mol. The third kappa shape index (κ3) is 4.20. The number of aromatic nitrogens is 2. The van der Waals surface area contributed by atoms with E-state index >= 15 is 0 Å². The van der Waals surface area contributed by atoms with E-state index in [1.54, 1.807) is 16.8 Å². The Morgan fingerprint density at radius 1 is 1.29 bits per heavy atom. The van der Waals surface area contributed by atoms with Crippen molar-refractivity contribution in [2.75, 3.05) is 6.54 Å². The van der Waals surface area contributed by atoms with Crippen molar-refractivity contribution in [2.24, 2.45) is 11.7 Å². The zero-order chi connectivity index (χ0) is 16.9. The van der Waals surface area contributed by atoms with Crippen LogP contribution in [0.4, 0.5) is 4.39 Å². The van der Waals surface area contributed by atoms with Gasteiger partial charge in [-0.25, -0.2) is 9.07 Å². The second kappa shape index (κ2) is 7.57. The summed E-state index contributed by atoms with van der Waals surface area (Å²) in [7, 11) is 0. The van der Waals surface area contributed by atoms with Crippen molar-refractivity contribution < 1.29 is 9.18 Å². The summed E-state index contributed by atoms with van der Waals surface area (Å²) in [6, 6.07) is 8.24. The van der Waals surface area contributed by atoms with Crippen LogP contribution in [0.25, 0.3) is 5.69 Å². The highest BCUT2D eigenvalue weighted by atomic mass is 19.1. The fourth-order valence-electron chi connectivity index (χ4n) is 3.16. The lowest BCUT2D eigenvalue weighted by molar-refractivity contribution is -0.126. The van der Waals surface area contributed by atoms with Crippen LogP contribution in [-0.4, -0.2) is 28.3 Å². The maximum Gasteiger partial charge on any atom is 0.223 e. The fraction of sp³-hybridized carbons (Fsp3) is 0.444. The molecule has 2 aromatic rings. The number of benzene rings is 1. The Morgan fingerprint density at radius 2 is 2.08 bits per heavy atom. The molecule has 3 N–H and O–H groups in total. The molecule has 5 nitrogen and oxygen atoms in total. The van der Waals surface area contributed by atoms with E-state index in [0.29, 0.717) is 13.0 Å². The van der Waals surface area contributed by atoms with Crippen molar-refractivity contribution in [1.82, 2.24) is 15.1 Å². The Morgan fingerprint density at radius 3 is 2.83 bits per heavy atom. The van der Waals surface area contributed by atoms with Gasteiger partial charge < -0.3 is 11.1 Å². The van der Waals surface area contributed by atoms with Crippen LogP contribution < -0.4 is 11.1 Å². The number of nitrogens with one attached hydrogen (secondary N) is 1. The summed E-state index contributed by atoms with van der Waals surface area (Å²) in [5.41, 5.74) is 7.63. The van der Waals surface area contributed by atoms with Crippen LogP contribution in [0.15, 0.2) is 36.5 Å². The summed E-state index contributed by atoms with van der Waals surface area (Å²) in [6.45, 7) is 0.561. The zero-order valence-electron chi connectivity index (χ0n) is 13.6. The molecular weight excluding hydrogens is 307 g/mol. The average molecular weight is 330 g/mol. The van der Waals surface area contributed by atoms with Crippen molar-refractivity contribution in [1.29, 1.82) is 0 Å². The predicted molar refractivity (Wildman–Crippen MR) is 90.2 cm³/mol. The van der Waals surface area contributed by atoms with E-state index in [-0.39, 0.29) is 23.7 Å². The molecule has 0 radical (unpaired) electrons. The first-order valence-corrected chi connectivity index (χ1v) is 8.45. The first-order valence-electron chi connectivity index (χ1n) is 8.45. The van der Waals surface area contributed by atoms with E-state index in [0.717, 1.165) is 37.1 Å². The van der Waals surface area contributed by atoms with Gasteiger partial charge in [0.25, 0.3) is 0 Å². The van der Waals surface area contributed by atoms with Crippen molar-refractivity contribution in [2.45, 2.75) is 38.1 Å². The van der Waals surface area contributed by atoms with Gasteiger partial charge in [-0.05, 0) is 49.6 Å². The van der Waals surface area contributed by atoms with Gasteiger partial charge in [0.05, 0.1) is 11.4 Å². The highest BCUT2D eigenvalue weighted by Gasteiger charge is 2.24. The van der Waals surface area contributed by atoms with Crippen LogP contribution in [0.3, 0.4) is 0 Å². The van der Waals surface area contributed by atoms with Gasteiger partial charge in [-0.2, -0.15) is 5.10 Å². The molecule has 1 aliphatic rings. The summed E-state index contributed by atoms with van der Waals surface area (Å²) in [4.78, 5) is 12.2. The molecule has 24 heavy (non-hydrogen) atoms. The highest BCUT2D eigenvalue weighted by Crippen LogP contribution is 2.23. The molecule has 1 heterocycles. The van der Waals surface area contributed by atoms with Crippen LogP contribution in [0.1, 0.15) is 31.4 Å². The molecule has 6 heteroatoms. The molecule has 1 aromatic carbocycles. The Labute approximate surface area is 141 Å². The molecule has 2 atom stereocenters. The molecule has 1 amide bonds. The fourth-order valence-corrected chi connectivity index (χ4v) is 3.16. The van der Waals surface area contributed by atoms with Crippen LogP contribution in [0.2, 0.25) is 0 Å². The number of carbonyl (C=O) groups excluding carboxylic acids is 1.